The predicted octanol–water partition coefficient (Wildman–Crippen LogP) is 3.32. The summed E-state index contributed by atoms with van der Waals surface area (Å²) >= 11 is 0. The van der Waals surface area contributed by atoms with E-state index >= 15 is 0 Å². The summed E-state index contributed by atoms with van der Waals surface area (Å²) in [6.07, 6.45) is 4.00. The van der Waals surface area contributed by atoms with Crippen LogP contribution in [0.4, 0.5) is 11.8 Å². The molecule has 1 saturated heterocycles. The van der Waals surface area contributed by atoms with Crippen molar-refractivity contribution in [3.63, 3.8) is 0 Å². The maximum atomic E-state index is 6.10. The zero-order chi connectivity index (χ0) is 23.5. The van der Waals surface area contributed by atoms with Crippen LogP contribution < -0.4 is 21.1 Å². The van der Waals surface area contributed by atoms with Crippen LogP contribution in [0.1, 0.15) is 30.9 Å². The molecule has 0 atom stereocenters. The van der Waals surface area contributed by atoms with Crippen LogP contribution in [0.3, 0.4) is 0 Å². The molecule has 0 aliphatic carbocycles. The number of aromatic nitrogens is 4. The van der Waals surface area contributed by atoms with Gasteiger partial charge in [-0.15, -0.1) is 0 Å². The number of benzene rings is 1. The normalized spacial score (nSPS) is 13.9. The first-order valence-electron chi connectivity index (χ1n) is 11.8. The molecule has 9 heteroatoms. The first-order valence-corrected chi connectivity index (χ1v) is 11.8. The summed E-state index contributed by atoms with van der Waals surface area (Å²) in [4.78, 5) is 13.8. The number of pyridine rings is 1. The minimum absolute atomic E-state index is 0.265. The number of methoxy groups -OCH3 is 1. The van der Waals surface area contributed by atoms with E-state index in [4.69, 9.17) is 15.2 Å². The number of para-hydroxylation sites is 1. The number of fused-ring (bicyclic) bond motifs is 3. The molecule has 0 bridgehead atoms. The highest BCUT2D eigenvalue weighted by Crippen LogP contribution is 2.33. The average molecular weight is 462 g/mol. The van der Waals surface area contributed by atoms with Crippen molar-refractivity contribution in [3.8, 4) is 5.88 Å². The minimum Gasteiger partial charge on any atom is -0.481 e. The van der Waals surface area contributed by atoms with Gasteiger partial charge in [0.2, 0.25) is 11.8 Å². The lowest BCUT2D eigenvalue weighted by Crippen LogP contribution is -2.45. The monoisotopic (exact) mass is 461 g/mol. The van der Waals surface area contributed by atoms with Gasteiger partial charge >= 0.3 is 0 Å². The number of hydrogen-bond acceptors (Lipinski definition) is 8. The van der Waals surface area contributed by atoms with Gasteiger partial charge in [-0.1, -0.05) is 31.5 Å². The highest BCUT2D eigenvalue weighted by atomic mass is 16.5. The quantitative estimate of drug-likeness (QED) is 0.308. The van der Waals surface area contributed by atoms with Crippen LogP contribution in [0, 0.1) is 0 Å². The highest BCUT2D eigenvalue weighted by molar-refractivity contribution is 6.09. The summed E-state index contributed by atoms with van der Waals surface area (Å²) in [5.74, 6) is 1.63. The van der Waals surface area contributed by atoms with Crippen LogP contribution in [0.5, 0.6) is 5.88 Å². The first kappa shape index (κ1) is 22.4. The summed E-state index contributed by atoms with van der Waals surface area (Å²) in [6.45, 7) is 5.80. The number of rotatable bonds is 10. The van der Waals surface area contributed by atoms with Crippen LogP contribution in [-0.2, 0) is 17.8 Å². The Balaban J connectivity index is 1.58. The standard InChI is InChI=1S/C25H31N7O2/c1-3-4-9-27-23-22-21(30-25(26)31-23)19-7-5-6-8-20(19)32(22)13-17-10-16(12-29-24(17)33-2)11-28-18-14-34-15-18/h5-8,10,12,18,28H,3-4,9,11,13-15H2,1-2H3,(H3,26,27,30,31). The number of nitrogens with two attached hydrogens (primary N) is 1. The van der Waals surface area contributed by atoms with E-state index in [1.807, 2.05) is 18.3 Å². The van der Waals surface area contributed by atoms with Crippen molar-refractivity contribution in [1.29, 1.82) is 0 Å². The molecule has 0 saturated carbocycles. The van der Waals surface area contributed by atoms with Gasteiger partial charge in [-0.2, -0.15) is 4.98 Å². The van der Waals surface area contributed by atoms with Crippen molar-refractivity contribution in [1.82, 2.24) is 24.8 Å². The third-order valence-corrected chi connectivity index (χ3v) is 6.18. The van der Waals surface area contributed by atoms with E-state index in [0.717, 1.165) is 78.0 Å². The second-order valence-corrected chi connectivity index (χ2v) is 8.64. The molecule has 178 valence electrons. The largest absolute Gasteiger partial charge is 0.481 e. The molecule has 5 rings (SSSR count). The molecule has 34 heavy (non-hydrogen) atoms. The Kier molecular flexibility index (Phi) is 6.46. The van der Waals surface area contributed by atoms with Gasteiger partial charge in [0.25, 0.3) is 0 Å². The molecule has 0 radical (unpaired) electrons. The van der Waals surface area contributed by atoms with Crippen molar-refractivity contribution >= 4 is 33.7 Å². The maximum absolute atomic E-state index is 6.10. The molecule has 1 aliphatic rings. The van der Waals surface area contributed by atoms with Crippen molar-refractivity contribution in [2.24, 2.45) is 0 Å². The molecule has 1 fully saturated rings. The second-order valence-electron chi connectivity index (χ2n) is 8.64. The van der Waals surface area contributed by atoms with Crippen molar-refractivity contribution in [2.75, 3.05) is 37.9 Å². The van der Waals surface area contributed by atoms with Crippen LogP contribution >= 0.6 is 0 Å². The van der Waals surface area contributed by atoms with E-state index < -0.39 is 0 Å². The fraction of sp³-hybridized carbons (Fsp3) is 0.400. The van der Waals surface area contributed by atoms with Gasteiger partial charge in [-0.3, -0.25) is 0 Å². The highest BCUT2D eigenvalue weighted by Gasteiger charge is 2.20. The molecule has 0 spiro atoms. The van der Waals surface area contributed by atoms with E-state index in [1.54, 1.807) is 7.11 Å². The molecular formula is C25H31N7O2. The van der Waals surface area contributed by atoms with Crippen molar-refractivity contribution < 1.29 is 9.47 Å². The fourth-order valence-corrected chi connectivity index (χ4v) is 4.34. The Morgan fingerprint density at radius 3 is 2.85 bits per heavy atom. The minimum atomic E-state index is 0.265. The average Bonchev–Trinajstić information content (AvgIpc) is 3.12. The summed E-state index contributed by atoms with van der Waals surface area (Å²) < 4.78 is 13.1. The Morgan fingerprint density at radius 2 is 2.09 bits per heavy atom. The van der Waals surface area contributed by atoms with Gasteiger partial charge in [0, 0.05) is 30.2 Å². The van der Waals surface area contributed by atoms with Gasteiger partial charge < -0.3 is 30.4 Å². The van der Waals surface area contributed by atoms with Gasteiger partial charge in [-0.25, -0.2) is 9.97 Å². The molecule has 4 N–H and O–H groups in total. The number of nitrogen functional groups attached to an aromatic ring is 1. The summed E-state index contributed by atoms with van der Waals surface area (Å²) in [6, 6.07) is 10.8. The zero-order valence-electron chi connectivity index (χ0n) is 19.7. The van der Waals surface area contributed by atoms with Gasteiger partial charge in [0.15, 0.2) is 5.82 Å². The van der Waals surface area contributed by atoms with Crippen LogP contribution in [0.2, 0.25) is 0 Å². The number of nitrogens with one attached hydrogen (secondary N) is 2. The van der Waals surface area contributed by atoms with E-state index in [2.05, 4.69) is 55.3 Å². The lowest BCUT2D eigenvalue weighted by Gasteiger charge is -2.27. The fourth-order valence-electron chi connectivity index (χ4n) is 4.34. The van der Waals surface area contributed by atoms with E-state index in [9.17, 15) is 0 Å². The van der Waals surface area contributed by atoms with Gasteiger partial charge in [-0.05, 0) is 24.1 Å². The molecule has 0 amide bonds. The first-order chi connectivity index (χ1) is 16.7. The Bertz CT molecular complexity index is 1300. The van der Waals surface area contributed by atoms with Crippen LogP contribution in [0.25, 0.3) is 21.9 Å². The van der Waals surface area contributed by atoms with Gasteiger partial charge in [0.05, 0.1) is 38.4 Å². The summed E-state index contributed by atoms with van der Waals surface area (Å²) in [5, 5.41) is 8.03. The summed E-state index contributed by atoms with van der Waals surface area (Å²) in [5.41, 5.74) is 11.0. The SMILES string of the molecule is CCCCNc1nc(N)nc2c3ccccc3n(Cc3cc(CNC4COC4)cnc3OC)c12. The van der Waals surface area contributed by atoms with Crippen molar-refractivity contribution in [3.05, 3.63) is 47.7 Å². The lowest BCUT2D eigenvalue weighted by molar-refractivity contribution is -0.00579. The molecule has 1 aliphatic heterocycles. The maximum Gasteiger partial charge on any atom is 0.222 e. The number of hydrogen-bond donors (Lipinski definition) is 3. The predicted molar refractivity (Wildman–Crippen MR) is 134 cm³/mol. The summed E-state index contributed by atoms with van der Waals surface area (Å²) in [7, 11) is 1.66. The smallest absolute Gasteiger partial charge is 0.222 e. The Hall–Kier alpha value is -3.43. The topological polar surface area (TPSA) is 112 Å². The third kappa shape index (κ3) is 4.36. The van der Waals surface area contributed by atoms with Crippen LogP contribution in [-0.4, -0.2) is 52.4 Å². The Morgan fingerprint density at radius 1 is 1.24 bits per heavy atom. The lowest BCUT2D eigenvalue weighted by atomic mass is 10.1. The third-order valence-electron chi connectivity index (χ3n) is 6.18. The number of ether oxygens (including phenoxy) is 2. The molecule has 0 unspecified atom stereocenters. The van der Waals surface area contributed by atoms with Gasteiger partial charge in [0.1, 0.15) is 11.0 Å². The number of unbranched alkanes of at least 4 members (excludes halogenated alkanes) is 1. The zero-order valence-corrected chi connectivity index (χ0v) is 19.7. The molecule has 4 aromatic rings. The number of anilines is 2. The van der Waals surface area contributed by atoms with E-state index in [0.29, 0.717) is 18.5 Å². The van der Waals surface area contributed by atoms with Crippen LogP contribution in [0.15, 0.2) is 36.5 Å². The molecule has 4 heterocycles. The number of nitrogens with zero attached hydrogens (tertiary/aromatic N) is 4. The van der Waals surface area contributed by atoms with Crippen molar-refractivity contribution in [2.45, 2.75) is 38.9 Å². The molecule has 1 aromatic carbocycles. The Labute approximate surface area is 198 Å². The van der Waals surface area contributed by atoms with E-state index in [1.165, 1.54) is 0 Å². The molecule has 9 nitrogen and oxygen atoms in total. The van der Waals surface area contributed by atoms with E-state index in [-0.39, 0.29) is 5.95 Å². The second kappa shape index (κ2) is 9.82. The molecular weight excluding hydrogens is 430 g/mol. The molecule has 3 aromatic heterocycles.